The molecule has 2 N–H and O–H groups in total. The molecule has 0 bridgehead atoms. The molecule has 0 spiro atoms. The van der Waals surface area contributed by atoms with Gasteiger partial charge in [0.05, 0.1) is 12.3 Å². The van der Waals surface area contributed by atoms with E-state index in [1.54, 1.807) is 0 Å². The van der Waals surface area contributed by atoms with Crippen molar-refractivity contribution in [3.63, 3.8) is 0 Å². The number of primary amides is 1. The summed E-state index contributed by atoms with van der Waals surface area (Å²) in [6.07, 6.45) is 4.23. The number of thioether (sulfide) groups is 1. The van der Waals surface area contributed by atoms with E-state index in [4.69, 9.17) is 17.3 Å². The Bertz CT molecular complexity index is 1160. The first-order chi connectivity index (χ1) is 15.0. The number of hydrogen-bond acceptors (Lipinski definition) is 6. The number of benzene rings is 1. The van der Waals surface area contributed by atoms with E-state index in [9.17, 15) is 9.59 Å². The number of carbonyl (C=O) groups is 2. The number of carbonyl (C=O) groups excluding carboxylic acids is 2. The zero-order chi connectivity index (χ0) is 21.8. The van der Waals surface area contributed by atoms with Crippen LogP contribution < -0.4 is 10.5 Å². The lowest BCUT2D eigenvalue weighted by molar-refractivity contribution is -0.118. The van der Waals surface area contributed by atoms with Gasteiger partial charge in [0.25, 0.3) is 5.91 Å². The van der Waals surface area contributed by atoms with Crippen molar-refractivity contribution in [2.45, 2.75) is 43.4 Å². The summed E-state index contributed by atoms with van der Waals surface area (Å²) in [6.45, 7) is 0.958. The third-order valence-corrected chi connectivity index (χ3v) is 6.89. The molecule has 1 aromatic carbocycles. The number of aromatic nitrogens is 4. The summed E-state index contributed by atoms with van der Waals surface area (Å²) in [7, 11) is 0. The van der Waals surface area contributed by atoms with Crippen LogP contribution in [-0.2, 0) is 22.7 Å². The van der Waals surface area contributed by atoms with Crippen molar-refractivity contribution in [3.8, 4) is 0 Å². The fourth-order valence-corrected chi connectivity index (χ4v) is 4.76. The van der Waals surface area contributed by atoms with Gasteiger partial charge in [0.1, 0.15) is 5.82 Å². The van der Waals surface area contributed by atoms with Gasteiger partial charge in [-0.2, -0.15) is 4.99 Å². The van der Waals surface area contributed by atoms with Crippen LogP contribution in [0, 0.1) is 0 Å². The molecule has 31 heavy (non-hydrogen) atoms. The van der Waals surface area contributed by atoms with Gasteiger partial charge in [-0.1, -0.05) is 41.6 Å². The fourth-order valence-electron chi connectivity index (χ4n) is 3.07. The maximum atomic E-state index is 12.5. The predicted octanol–water partition coefficient (Wildman–Crippen LogP) is 2.82. The molecule has 2 heterocycles. The SMILES string of the molecule is NC(=O)CCn1c(SCC(=O)N=c2sccn2Cc2ccccc2Cl)nnc1C1CC1. The number of halogens is 1. The van der Waals surface area contributed by atoms with E-state index in [0.717, 1.165) is 24.2 Å². The normalized spacial score (nSPS) is 14.2. The molecule has 4 rings (SSSR count). The number of rotatable bonds is 9. The number of amides is 2. The highest BCUT2D eigenvalue weighted by Gasteiger charge is 2.30. The Labute approximate surface area is 192 Å². The smallest absolute Gasteiger partial charge is 0.258 e. The van der Waals surface area contributed by atoms with Gasteiger partial charge in [0, 0.05) is 35.5 Å². The molecular weight excluding hydrogens is 456 g/mol. The lowest BCUT2D eigenvalue weighted by Crippen LogP contribution is -2.18. The number of hydrogen-bond donors (Lipinski definition) is 1. The third-order valence-electron chi connectivity index (χ3n) is 4.77. The Morgan fingerprint density at radius 2 is 2.10 bits per heavy atom. The highest BCUT2D eigenvalue weighted by molar-refractivity contribution is 7.99. The van der Waals surface area contributed by atoms with Crippen molar-refractivity contribution in [3.05, 3.63) is 57.1 Å². The van der Waals surface area contributed by atoms with Crippen LogP contribution in [0.15, 0.2) is 46.0 Å². The van der Waals surface area contributed by atoms with Crippen LogP contribution in [0.4, 0.5) is 0 Å². The van der Waals surface area contributed by atoms with E-state index in [-0.39, 0.29) is 24.0 Å². The average molecular weight is 477 g/mol. The molecule has 1 saturated carbocycles. The van der Waals surface area contributed by atoms with Crippen LogP contribution >= 0.6 is 34.7 Å². The number of nitrogens with two attached hydrogens (primary N) is 1. The molecule has 0 aliphatic heterocycles. The number of thiazole rings is 1. The molecule has 0 atom stereocenters. The summed E-state index contributed by atoms with van der Waals surface area (Å²) in [4.78, 5) is 28.6. The summed E-state index contributed by atoms with van der Waals surface area (Å²) in [5.74, 6) is 0.730. The van der Waals surface area contributed by atoms with E-state index in [1.807, 2.05) is 45.0 Å². The van der Waals surface area contributed by atoms with E-state index >= 15 is 0 Å². The molecule has 1 aliphatic carbocycles. The second-order valence-electron chi connectivity index (χ2n) is 7.18. The van der Waals surface area contributed by atoms with E-state index < -0.39 is 0 Å². The quantitative estimate of drug-likeness (QED) is 0.478. The van der Waals surface area contributed by atoms with Gasteiger partial charge in [0.2, 0.25) is 5.91 Å². The van der Waals surface area contributed by atoms with E-state index in [2.05, 4.69) is 15.2 Å². The van der Waals surface area contributed by atoms with Gasteiger partial charge < -0.3 is 14.9 Å². The standard InChI is InChI=1S/C20H21ClN6O2S2/c21-15-4-2-1-3-14(15)11-26-9-10-30-19(26)23-17(29)12-31-20-25-24-18(13-5-6-13)27(20)8-7-16(22)28/h1-4,9-10,13H,5-8,11-12H2,(H2,22,28). The molecule has 11 heteroatoms. The second-order valence-corrected chi connectivity index (χ2v) is 9.40. The van der Waals surface area contributed by atoms with Crippen molar-refractivity contribution < 1.29 is 9.59 Å². The first kappa shape index (κ1) is 21.8. The average Bonchev–Trinajstić information content (AvgIpc) is 3.37. The van der Waals surface area contributed by atoms with Gasteiger partial charge in [-0.05, 0) is 24.5 Å². The molecule has 2 amide bonds. The molecular formula is C20H21ClN6O2S2. The Kier molecular flexibility index (Phi) is 6.89. The molecule has 0 saturated heterocycles. The molecule has 3 aromatic rings. The Morgan fingerprint density at radius 3 is 2.84 bits per heavy atom. The summed E-state index contributed by atoms with van der Waals surface area (Å²) >= 11 is 8.92. The zero-order valence-corrected chi connectivity index (χ0v) is 19.0. The van der Waals surface area contributed by atoms with Crippen LogP contribution in [0.25, 0.3) is 0 Å². The second kappa shape index (κ2) is 9.80. The van der Waals surface area contributed by atoms with Crippen molar-refractivity contribution in [2.75, 3.05) is 5.75 Å². The molecule has 1 aliphatic rings. The fraction of sp³-hybridized carbons (Fsp3) is 0.350. The van der Waals surface area contributed by atoms with Gasteiger partial charge in [-0.25, -0.2) is 0 Å². The first-order valence-electron chi connectivity index (χ1n) is 9.80. The minimum Gasteiger partial charge on any atom is -0.370 e. The Morgan fingerprint density at radius 1 is 1.29 bits per heavy atom. The van der Waals surface area contributed by atoms with E-state index in [0.29, 0.717) is 34.0 Å². The molecule has 8 nitrogen and oxygen atoms in total. The summed E-state index contributed by atoms with van der Waals surface area (Å²) < 4.78 is 3.80. The third kappa shape index (κ3) is 5.63. The molecule has 0 radical (unpaired) electrons. The summed E-state index contributed by atoms with van der Waals surface area (Å²) in [5.41, 5.74) is 6.26. The van der Waals surface area contributed by atoms with Crippen molar-refractivity contribution in [1.29, 1.82) is 0 Å². The van der Waals surface area contributed by atoms with Crippen molar-refractivity contribution in [1.82, 2.24) is 19.3 Å². The first-order valence-corrected chi connectivity index (χ1v) is 12.0. The van der Waals surface area contributed by atoms with Crippen LogP contribution in [0.3, 0.4) is 0 Å². The largest absolute Gasteiger partial charge is 0.370 e. The molecule has 2 aromatic heterocycles. The van der Waals surface area contributed by atoms with Crippen molar-refractivity contribution >= 4 is 46.5 Å². The maximum Gasteiger partial charge on any atom is 0.258 e. The van der Waals surface area contributed by atoms with Crippen molar-refractivity contribution in [2.24, 2.45) is 10.7 Å². The Balaban J connectivity index is 1.44. The van der Waals surface area contributed by atoms with Gasteiger partial charge in [-0.3, -0.25) is 9.59 Å². The van der Waals surface area contributed by atoms with Crippen LogP contribution in [-0.4, -0.2) is 36.9 Å². The Hall–Kier alpha value is -2.43. The predicted molar refractivity (Wildman–Crippen MR) is 120 cm³/mol. The van der Waals surface area contributed by atoms with Gasteiger partial charge in [0.15, 0.2) is 9.96 Å². The van der Waals surface area contributed by atoms with E-state index in [1.165, 1.54) is 23.1 Å². The summed E-state index contributed by atoms with van der Waals surface area (Å²) in [6, 6.07) is 7.60. The molecule has 0 unspecified atom stereocenters. The summed E-state index contributed by atoms with van der Waals surface area (Å²) in [5, 5.41) is 11.7. The van der Waals surface area contributed by atoms with Crippen LogP contribution in [0.5, 0.6) is 0 Å². The lowest BCUT2D eigenvalue weighted by Gasteiger charge is -2.08. The molecule has 1 fully saturated rings. The highest BCUT2D eigenvalue weighted by atomic mass is 35.5. The zero-order valence-electron chi connectivity index (χ0n) is 16.6. The minimum atomic E-state index is -0.377. The monoisotopic (exact) mass is 476 g/mol. The van der Waals surface area contributed by atoms with Gasteiger partial charge in [-0.15, -0.1) is 21.5 Å². The number of nitrogens with zero attached hydrogens (tertiary/aromatic N) is 5. The maximum absolute atomic E-state index is 12.5. The minimum absolute atomic E-state index is 0.128. The highest BCUT2D eigenvalue weighted by Crippen LogP contribution is 2.40. The van der Waals surface area contributed by atoms with Gasteiger partial charge >= 0.3 is 0 Å². The topological polar surface area (TPSA) is 108 Å². The van der Waals surface area contributed by atoms with Crippen LogP contribution in [0.1, 0.15) is 36.6 Å². The van der Waals surface area contributed by atoms with Crippen LogP contribution in [0.2, 0.25) is 5.02 Å². The lowest BCUT2D eigenvalue weighted by atomic mass is 10.2. The molecule has 162 valence electrons.